The topological polar surface area (TPSA) is 137 Å². The molecule has 2 aliphatic heterocycles. The predicted octanol–water partition coefficient (Wildman–Crippen LogP) is 1.38. The van der Waals surface area contributed by atoms with E-state index < -0.39 is 17.8 Å². The minimum Gasteiger partial charge on any atom is -0.497 e. The number of ether oxygens (including phenoxy) is 2. The number of rotatable bonds is 5. The lowest BCUT2D eigenvalue weighted by atomic mass is 9.99. The van der Waals surface area contributed by atoms with Crippen LogP contribution in [0.5, 0.6) is 11.5 Å². The lowest BCUT2D eigenvalue weighted by molar-refractivity contribution is -0.123. The van der Waals surface area contributed by atoms with E-state index >= 15 is 0 Å². The van der Waals surface area contributed by atoms with Crippen molar-refractivity contribution in [2.75, 3.05) is 20.8 Å². The molecule has 1 saturated heterocycles. The molecular weight excluding hydrogens is 486 g/mol. The molecular formula is C28H23N5O5. The number of hydrogen-bond acceptors (Lipinski definition) is 8. The standard InChI is InChI=1S/C28H23N5O5/c1-37-20-7-6-19-15-33(25(34)21(19)13-20)16-28(26(35)31-27(36)32-28)11-10-23-24(38-2)9-8-22(30-23)18-5-3-4-17(12-18)14-29/h3-9,12-13,27,32,36H,15-16H2,1-2H3,(H,31,35). The van der Waals surface area contributed by atoms with Gasteiger partial charge in [-0.25, -0.2) is 10.3 Å². The molecule has 3 N–H and O–H groups in total. The number of carbonyl (C=O) groups excluding carboxylic acids is 2. The molecule has 1 aromatic heterocycles. The van der Waals surface area contributed by atoms with E-state index in [0.29, 0.717) is 33.9 Å². The first-order chi connectivity index (χ1) is 18.4. The molecule has 10 heteroatoms. The van der Waals surface area contributed by atoms with E-state index in [-0.39, 0.29) is 24.7 Å². The molecule has 2 unspecified atom stereocenters. The van der Waals surface area contributed by atoms with Crippen LogP contribution in [0.4, 0.5) is 0 Å². The molecule has 5 rings (SSSR count). The maximum Gasteiger partial charge on any atom is 0.257 e. The van der Waals surface area contributed by atoms with Crippen LogP contribution in [0.1, 0.15) is 27.2 Å². The number of nitrogens with one attached hydrogen (secondary N) is 2. The lowest BCUT2D eigenvalue weighted by Gasteiger charge is -2.26. The van der Waals surface area contributed by atoms with Gasteiger partial charge in [0.2, 0.25) is 0 Å². The number of benzene rings is 2. The van der Waals surface area contributed by atoms with Crippen LogP contribution in [-0.4, -0.2) is 59.5 Å². The largest absolute Gasteiger partial charge is 0.497 e. The summed E-state index contributed by atoms with van der Waals surface area (Å²) in [4.78, 5) is 32.3. The maximum atomic E-state index is 13.2. The second-order valence-electron chi connectivity index (χ2n) is 8.80. The summed E-state index contributed by atoms with van der Waals surface area (Å²) in [5.74, 6) is 5.93. The number of aromatic nitrogens is 1. The minimum absolute atomic E-state index is 0.120. The Labute approximate surface area is 218 Å². The van der Waals surface area contributed by atoms with Crippen LogP contribution in [0, 0.1) is 23.2 Å². The molecule has 1 fully saturated rings. The zero-order valence-corrected chi connectivity index (χ0v) is 20.6. The number of nitrogens with zero attached hydrogens (tertiary/aromatic N) is 3. The van der Waals surface area contributed by atoms with E-state index in [2.05, 4.69) is 33.5 Å². The summed E-state index contributed by atoms with van der Waals surface area (Å²) < 4.78 is 10.7. The molecule has 0 spiro atoms. The molecule has 2 aromatic carbocycles. The van der Waals surface area contributed by atoms with E-state index in [0.717, 1.165) is 5.56 Å². The van der Waals surface area contributed by atoms with Crippen LogP contribution in [0.25, 0.3) is 11.3 Å². The molecule has 2 atom stereocenters. The normalized spacial score (nSPS) is 19.7. The molecule has 0 saturated carbocycles. The number of fused-ring (bicyclic) bond motifs is 1. The predicted molar refractivity (Wildman–Crippen MR) is 136 cm³/mol. The van der Waals surface area contributed by atoms with Gasteiger partial charge in [0, 0.05) is 17.7 Å². The molecule has 0 bridgehead atoms. The first-order valence-electron chi connectivity index (χ1n) is 11.7. The van der Waals surface area contributed by atoms with Gasteiger partial charge >= 0.3 is 0 Å². The second-order valence-corrected chi connectivity index (χ2v) is 8.80. The zero-order valence-electron chi connectivity index (χ0n) is 20.6. The number of hydrogen-bond donors (Lipinski definition) is 3. The Kier molecular flexibility index (Phi) is 6.43. The van der Waals surface area contributed by atoms with Gasteiger partial charge in [0.1, 0.15) is 5.75 Å². The van der Waals surface area contributed by atoms with Gasteiger partial charge in [-0.1, -0.05) is 24.1 Å². The molecule has 10 nitrogen and oxygen atoms in total. The van der Waals surface area contributed by atoms with Crippen molar-refractivity contribution in [3.63, 3.8) is 0 Å². The SMILES string of the molecule is COc1ccc2c(c1)C(=O)N(CC1(C#Cc3nc(-c4cccc(C#N)c4)ccc3OC)NC(O)NC1=O)C2. The van der Waals surface area contributed by atoms with Gasteiger partial charge in [0.15, 0.2) is 23.3 Å². The first kappa shape index (κ1) is 24.8. The highest BCUT2D eigenvalue weighted by Gasteiger charge is 2.48. The fourth-order valence-electron chi connectivity index (χ4n) is 4.49. The number of methoxy groups -OCH3 is 2. The quantitative estimate of drug-likeness (QED) is 0.439. The highest BCUT2D eigenvalue weighted by atomic mass is 16.5. The van der Waals surface area contributed by atoms with Crippen LogP contribution < -0.4 is 20.1 Å². The lowest BCUT2D eigenvalue weighted by Crippen LogP contribution is -2.54. The van der Waals surface area contributed by atoms with Gasteiger partial charge in [-0.15, -0.1) is 0 Å². The van der Waals surface area contributed by atoms with Crippen LogP contribution in [0.2, 0.25) is 0 Å². The summed E-state index contributed by atoms with van der Waals surface area (Å²) in [6.45, 7) is 0.157. The average Bonchev–Trinajstić information content (AvgIpc) is 3.40. The number of amides is 2. The molecule has 2 aliphatic rings. The van der Waals surface area contributed by atoms with E-state index in [1.165, 1.54) is 19.1 Å². The van der Waals surface area contributed by atoms with Crippen molar-refractivity contribution >= 4 is 11.8 Å². The molecule has 2 amide bonds. The van der Waals surface area contributed by atoms with Crippen LogP contribution in [0.3, 0.4) is 0 Å². The number of nitriles is 1. The van der Waals surface area contributed by atoms with Gasteiger partial charge in [-0.3, -0.25) is 9.59 Å². The van der Waals surface area contributed by atoms with Crippen molar-refractivity contribution < 1.29 is 24.2 Å². The number of pyridine rings is 1. The van der Waals surface area contributed by atoms with E-state index in [4.69, 9.17) is 9.47 Å². The van der Waals surface area contributed by atoms with Crippen molar-refractivity contribution in [3.05, 3.63) is 77.0 Å². The van der Waals surface area contributed by atoms with Crippen LogP contribution in [-0.2, 0) is 11.3 Å². The third-order valence-corrected chi connectivity index (χ3v) is 6.42. The van der Waals surface area contributed by atoms with E-state index in [1.807, 2.05) is 12.1 Å². The average molecular weight is 510 g/mol. The first-order valence-corrected chi connectivity index (χ1v) is 11.7. The highest BCUT2D eigenvalue weighted by Crippen LogP contribution is 2.29. The number of aliphatic hydroxyl groups excluding tert-OH is 1. The zero-order chi connectivity index (χ0) is 26.9. The third-order valence-electron chi connectivity index (χ3n) is 6.42. The minimum atomic E-state index is -1.61. The molecule has 190 valence electrons. The molecule has 3 heterocycles. The summed E-state index contributed by atoms with van der Waals surface area (Å²) in [6.07, 6.45) is -1.34. The van der Waals surface area contributed by atoms with Gasteiger partial charge in [-0.05, 0) is 47.9 Å². The fourth-order valence-corrected chi connectivity index (χ4v) is 4.49. The summed E-state index contributed by atoms with van der Waals surface area (Å²) in [7, 11) is 3.00. The van der Waals surface area contributed by atoms with Gasteiger partial charge in [0.05, 0.1) is 38.1 Å². The van der Waals surface area contributed by atoms with Crippen molar-refractivity contribution in [1.82, 2.24) is 20.5 Å². The molecule has 3 aromatic rings. The van der Waals surface area contributed by atoms with Crippen molar-refractivity contribution in [2.24, 2.45) is 0 Å². The summed E-state index contributed by atoms with van der Waals surface area (Å²) >= 11 is 0. The Morgan fingerprint density at radius 1 is 1.16 bits per heavy atom. The van der Waals surface area contributed by atoms with Crippen molar-refractivity contribution in [1.29, 1.82) is 5.26 Å². The summed E-state index contributed by atoms with van der Waals surface area (Å²) in [5.41, 5.74) is 1.70. The Morgan fingerprint density at radius 2 is 2.00 bits per heavy atom. The van der Waals surface area contributed by atoms with E-state index in [1.54, 1.807) is 42.5 Å². The molecule has 38 heavy (non-hydrogen) atoms. The second kappa shape index (κ2) is 9.87. The maximum absolute atomic E-state index is 13.2. The van der Waals surface area contributed by atoms with Crippen molar-refractivity contribution in [3.8, 4) is 40.7 Å². The monoisotopic (exact) mass is 509 g/mol. The Morgan fingerprint density at radius 3 is 2.71 bits per heavy atom. The number of carbonyl (C=O) groups is 2. The fraction of sp³-hybridized carbons (Fsp3) is 0.214. The Bertz CT molecular complexity index is 1550. The Balaban J connectivity index is 1.50. The van der Waals surface area contributed by atoms with Gasteiger partial charge < -0.3 is 24.8 Å². The molecule has 0 aliphatic carbocycles. The highest BCUT2D eigenvalue weighted by molar-refractivity contribution is 6.00. The van der Waals surface area contributed by atoms with Crippen LogP contribution in [0.15, 0.2) is 54.6 Å². The number of aliphatic hydroxyl groups is 1. The van der Waals surface area contributed by atoms with E-state index in [9.17, 15) is 20.0 Å². The van der Waals surface area contributed by atoms with Crippen molar-refractivity contribution in [2.45, 2.75) is 18.4 Å². The van der Waals surface area contributed by atoms with Gasteiger partial charge in [-0.2, -0.15) is 5.26 Å². The summed E-state index contributed by atoms with van der Waals surface area (Å²) in [5, 5.41) is 24.6. The summed E-state index contributed by atoms with van der Waals surface area (Å²) in [6, 6.07) is 17.8. The smallest absolute Gasteiger partial charge is 0.257 e. The molecule has 0 radical (unpaired) electrons. The third kappa shape index (κ3) is 4.50. The van der Waals surface area contributed by atoms with Crippen LogP contribution >= 0.6 is 0 Å². The Hall–Kier alpha value is -4.90. The van der Waals surface area contributed by atoms with Gasteiger partial charge in [0.25, 0.3) is 11.8 Å².